The Kier molecular flexibility index (Phi) is 6.92. The number of anilines is 3. The Hall–Kier alpha value is -4.90. The molecular weight excluding hydrogens is 492 g/mol. The number of para-hydroxylation sites is 1. The van der Waals surface area contributed by atoms with Crippen LogP contribution >= 0.6 is 0 Å². The summed E-state index contributed by atoms with van der Waals surface area (Å²) in [5.74, 6) is -0.527. The Morgan fingerprint density at radius 3 is 2.50 bits per heavy atom. The molecule has 1 saturated heterocycles. The summed E-state index contributed by atoms with van der Waals surface area (Å²) in [5, 5.41) is 18.0. The molecule has 0 aliphatic carbocycles. The highest BCUT2D eigenvalue weighted by Gasteiger charge is 2.23. The van der Waals surface area contributed by atoms with Crippen LogP contribution in [0.5, 0.6) is 5.75 Å². The first kappa shape index (κ1) is 24.8. The number of methoxy groups -OCH3 is 1. The summed E-state index contributed by atoms with van der Waals surface area (Å²) in [5.41, 5.74) is 1.78. The van der Waals surface area contributed by atoms with E-state index in [9.17, 15) is 19.7 Å². The molecule has 38 heavy (non-hydrogen) atoms. The third-order valence-corrected chi connectivity index (χ3v) is 6.14. The van der Waals surface area contributed by atoms with Crippen LogP contribution in [0.3, 0.4) is 0 Å². The lowest BCUT2D eigenvalue weighted by atomic mass is 10.1. The normalized spacial score (nSPS) is 13.2. The third-order valence-electron chi connectivity index (χ3n) is 6.14. The summed E-state index contributed by atoms with van der Waals surface area (Å²) in [4.78, 5) is 38.7. The fraction of sp³-hybridized carbons (Fsp3) is 0.185. The lowest BCUT2D eigenvalue weighted by Gasteiger charge is -2.28. The van der Waals surface area contributed by atoms with Crippen molar-refractivity contribution >= 4 is 45.5 Å². The van der Waals surface area contributed by atoms with Crippen molar-refractivity contribution in [2.75, 3.05) is 48.9 Å². The lowest BCUT2D eigenvalue weighted by molar-refractivity contribution is -0.384. The van der Waals surface area contributed by atoms with Gasteiger partial charge >= 0.3 is 0 Å². The van der Waals surface area contributed by atoms with Crippen LogP contribution in [0.4, 0.5) is 22.7 Å². The molecule has 0 saturated carbocycles. The molecule has 2 heterocycles. The highest BCUT2D eigenvalue weighted by Crippen LogP contribution is 2.32. The number of amides is 2. The maximum atomic E-state index is 12.9. The number of benzene rings is 3. The number of hydrogen-bond donors (Lipinski definition) is 2. The second-order valence-electron chi connectivity index (χ2n) is 8.53. The number of carbonyl (C=O) groups excluding carboxylic acids is 2. The van der Waals surface area contributed by atoms with Crippen molar-refractivity contribution < 1.29 is 28.4 Å². The second kappa shape index (κ2) is 10.6. The van der Waals surface area contributed by atoms with Crippen LogP contribution in [0, 0.1) is 10.1 Å². The summed E-state index contributed by atoms with van der Waals surface area (Å²) in [7, 11) is 1.44. The van der Waals surface area contributed by atoms with Crippen molar-refractivity contribution in [3.8, 4) is 5.75 Å². The molecule has 1 aliphatic heterocycles. The molecule has 3 aromatic carbocycles. The van der Waals surface area contributed by atoms with Crippen LogP contribution < -0.4 is 20.3 Å². The fourth-order valence-corrected chi connectivity index (χ4v) is 4.24. The molecule has 0 radical (unpaired) electrons. The van der Waals surface area contributed by atoms with Crippen molar-refractivity contribution in [1.29, 1.82) is 0 Å². The predicted octanol–water partition coefficient (Wildman–Crippen LogP) is 4.69. The first-order valence-electron chi connectivity index (χ1n) is 11.8. The topological polar surface area (TPSA) is 136 Å². The quantitative estimate of drug-likeness (QED) is 0.267. The molecular formula is C27H24N4O7. The number of nitrogens with zero attached hydrogens (tertiary/aromatic N) is 2. The van der Waals surface area contributed by atoms with Crippen molar-refractivity contribution in [1.82, 2.24) is 0 Å². The largest absolute Gasteiger partial charge is 0.494 e. The molecule has 4 aromatic rings. The summed E-state index contributed by atoms with van der Waals surface area (Å²) >= 11 is 0. The number of morpholine rings is 1. The van der Waals surface area contributed by atoms with Gasteiger partial charge in [-0.25, -0.2) is 0 Å². The molecule has 1 aromatic heterocycles. The van der Waals surface area contributed by atoms with E-state index >= 15 is 0 Å². The maximum Gasteiger partial charge on any atom is 0.293 e. The Morgan fingerprint density at radius 1 is 0.974 bits per heavy atom. The third kappa shape index (κ3) is 5.13. The average molecular weight is 517 g/mol. The first-order chi connectivity index (χ1) is 18.4. The van der Waals surface area contributed by atoms with Gasteiger partial charge in [0, 0.05) is 41.9 Å². The van der Waals surface area contributed by atoms with Gasteiger partial charge in [0.2, 0.25) is 0 Å². The Balaban J connectivity index is 1.31. The molecule has 2 N–H and O–H groups in total. The van der Waals surface area contributed by atoms with E-state index in [0.717, 1.165) is 5.39 Å². The SMILES string of the molecule is COc1cc(NC(=O)c2ccc(N3CCOCC3)c([N+](=O)[O-])c2)ccc1NC(=O)c1cc2ccccc2o1. The van der Waals surface area contributed by atoms with Gasteiger partial charge in [-0.2, -0.15) is 0 Å². The van der Waals surface area contributed by atoms with Gasteiger partial charge < -0.3 is 29.4 Å². The predicted molar refractivity (Wildman–Crippen MR) is 141 cm³/mol. The van der Waals surface area contributed by atoms with Crippen molar-refractivity contribution in [3.63, 3.8) is 0 Å². The molecule has 0 atom stereocenters. The number of nitrogens with one attached hydrogen (secondary N) is 2. The molecule has 0 bridgehead atoms. The molecule has 11 nitrogen and oxygen atoms in total. The van der Waals surface area contributed by atoms with Gasteiger partial charge in [0.25, 0.3) is 17.5 Å². The second-order valence-corrected chi connectivity index (χ2v) is 8.53. The summed E-state index contributed by atoms with van der Waals surface area (Å²) in [6.07, 6.45) is 0. The minimum absolute atomic E-state index is 0.134. The van der Waals surface area contributed by atoms with Crippen LogP contribution in [0.2, 0.25) is 0 Å². The van der Waals surface area contributed by atoms with Gasteiger partial charge in [0.15, 0.2) is 5.76 Å². The van der Waals surface area contributed by atoms with Gasteiger partial charge in [-0.15, -0.1) is 0 Å². The smallest absolute Gasteiger partial charge is 0.293 e. The minimum Gasteiger partial charge on any atom is -0.494 e. The van der Waals surface area contributed by atoms with Crippen LogP contribution in [0.15, 0.2) is 71.1 Å². The van der Waals surface area contributed by atoms with Crippen molar-refractivity contribution in [2.45, 2.75) is 0 Å². The summed E-state index contributed by atoms with van der Waals surface area (Å²) in [6.45, 7) is 2.03. The monoisotopic (exact) mass is 516 g/mol. The number of fused-ring (bicyclic) bond motifs is 1. The number of hydrogen-bond acceptors (Lipinski definition) is 8. The summed E-state index contributed by atoms with van der Waals surface area (Å²) < 4.78 is 16.3. The van der Waals surface area contributed by atoms with E-state index < -0.39 is 16.7 Å². The fourth-order valence-electron chi connectivity index (χ4n) is 4.24. The van der Waals surface area contributed by atoms with Gasteiger partial charge in [0.1, 0.15) is 17.0 Å². The number of furan rings is 1. The average Bonchev–Trinajstić information content (AvgIpc) is 3.38. The van der Waals surface area contributed by atoms with Crippen LogP contribution in [0.1, 0.15) is 20.9 Å². The van der Waals surface area contributed by atoms with E-state index in [-0.39, 0.29) is 17.0 Å². The number of nitro benzene ring substituents is 1. The van der Waals surface area contributed by atoms with Gasteiger partial charge in [-0.3, -0.25) is 19.7 Å². The molecule has 1 fully saturated rings. The number of ether oxygens (including phenoxy) is 2. The van der Waals surface area contributed by atoms with E-state index in [1.54, 1.807) is 42.5 Å². The Labute approximate surface area is 217 Å². The number of rotatable bonds is 7. The molecule has 2 amide bonds. The molecule has 0 unspecified atom stereocenters. The maximum absolute atomic E-state index is 12.9. The van der Waals surface area contributed by atoms with Gasteiger partial charge in [0.05, 0.1) is 30.9 Å². The van der Waals surface area contributed by atoms with E-state index in [1.807, 2.05) is 23.1 Å². The lowest BCUT2D eigenvalue weighted by Crippen LogP contribution is -2.36. The van der Waals surface area contributed by atoms with Crippen molar-refractivity contribution in [3.05, 3.63) is 88.2 Å². The zero-order valence-electron chi connectivity index (χ0n) is 20.4. The molecule has 0 spiro atoms. The van der Waals surface area contributed by atoms with E-state index in [0.29, 0.717) is 54.7 Å². The van der Waals surface area contributed by atoms with Crippen LogP contribution in [-0.2, 0) is 4.74 Å². The standard InChI is InChI=1S/C27H24N4O7/c1-36-24-16-19(7-8-20(24)29-27(33)25-15-17-4-2-3-5-23(17)38-25)28-26(32)18-6-9-21(22(14-18)31(34)35)30-10-12-37-13-11-30/h2-9,14-16H,10-13H2,1H3,(H,28,32)(H,29,33). The first-order valence-corrected chi connectivity index (χ1v) is 11.8. The highest BCUT2D eigenvalue weighted by atomic mass is 16.6. The Morgan fingerprint density at radius 2 is 1.76 bits per heavy atom. The van der Waals surface area contributed by atoms with E-state index in [1.165, 1.54) is 13.2 Å². The molecule has 11 heteroatoms. The van der Waals surface area contributed by atoms with E-state index in [2.05, 4.69) is 10.6 Å². The Bertz CT molecular complexity index is 1490. The highest BCUT2D eigenvalue weighted by molar-refractivity contribution is 6.07. The zero-order chi connectivity index (χ0) is 26.6. The van der Waals surface area contributed by atoms with E-state index in [4.69, 9.17) is 13.9 Å². The molecule has 1 aliphatic rings. The van der Waals surface area contributed by atoms with Gasteiger partial charge in [-0.1, -0.05) is 18.2 Å². The van der Waals surface area contributed by atoms with Crippen molar-refractivity contribution in [2.24, 2.45) is 0 Å². The molecule has 194 valence electrons. The van der Waals surface area contributed by atoms with Crippen LogP contribution in [-0.4, -0.2) is 50.2 Å². The van der Waals surface area contributed by atoms with Crippen LogP contribution in [0.25, 0.3) is 11.0 Å². The number of nitro groups is 1. The minimum atomic E-state index is -0.525. The summed E-state index contributed by atoms with van der Waals surface area (Å²) in [6, 6.07) is 18.0. The molecule has 5 rings (SSSR count). The van der Waals surface area contributed by atoms with Gasteiger partial charge in [-0.05, 0) is 36.4 Å². The zero-order valence-corrected chi connectivity index (χ0v) is 20.4. The number of carbonyl (C=O) groups is 2.